The third kappa shape index (κ3) is 6.03. The van der Waals surface area contributed by atoms with E-state index in [0.717, 1.165) is 0 Å². The van der Waals surface area contributed by atoms with Crippen LogP contribution < -0.4 is 5.11 Å². The number of carboxylic acids is 1. The second-order valence-electron chi connectivity index (χ2n) is 2.52. The molecule has 0 aliphatic heterocycles. The van der Waals surface area contributed by atoms with E-state index in [0.29, 0.717) is 6.61 Å². The van der Waals surface area contributed by atoms with Crippen molar-refractivity contribution in [3.63, 3.8) is 0 Å². The minimum atomic E-state index is -1.68. The summed E-state index contributed by atoms with van der Waals surface area (Å²) in [5, 5.41) is 10.5. The highest BCUT2D eigenvalue weighted by Crippen LogP contribution is 1.95. The van der Waals surface area contributed by atoms with E-state index in [1.54, 1.807) is 13.8 Å². The van der Waals surface area contributed by atoms with Crippen LogP contribution in [0.15, 0.2) is 0 Å². The smallest absolute Gasteiger partial charge is 0.341 e. The molecule has 0 aromatic carbocycles. The van der Waals surface area contributed by atoms with Crippen LogP contribution in [-0.2, 0) is 23.8 Å². The van der Waals surface area contributed by atoms with E-state index in [1.807, 2.05) is 0 Å². The van der Waals surface area contributed by atoms with Gasteiger partial charge in [-0.3, -0.25) is 0 Å². The topological polar surface area (TPSA) is 84.9 Å². The fourth-order valence-corrected chi connectivity index (χ4v) is 0.819. The maximum absolute atomic E-state index is 11.0. The molecule has 0 heterocycles. The third-order valence-electron chi connectivity index (χ3n) is 1.43. The molecule has 0 saturated heterocycles. The van der Waals surface area contributed by atoms with E-state index in [2.05, 4.69) is 4.74 Å². The predicted molar refractivity (Wildman–Crippen MR) is 47.9 cm³/mol. The average molecular weight is 219 g/mol. The largest absolute Gasteiger partial charge is 0.547 e. The quantitative estimate of drug-likeness (QED) is 0.287. The van der Waals surface area contributed by atoms with Gasteiger partial charge in [0.15, 0.2) is 6.10 Å². The molecule has 0 N–H and O–H groups in total. The summed E-state index contributed by atoms with van der Waals surface area (Å²) in [7, 11) is 0. The Morgan fingerprint density at radius 2 is 1.87 bits per heavy atom. The van der Waals surface area contributed by atoms with Gasteiger partial charge in [0.05, 0.1) is 25.8 Å². The Morgan fingerprint density at radius 1 is 1.20 bits per heavy atom. The maximum Gasteiger partial charge on any atom is 0.341 e. The van der Waals surface area contributed by atoms with E-state index in [9.17, 15) is 14.7 Å². The minimum Gasteiger partial charge on any atom is -0.547 e. The van der Waals surface area contributed by atoms with Gasteiger partial charge >= 0.3 is 5.97 Å². The van der Waals surface area contributed by atoms with Crippen LogP contribution in [0.25, 0.3) is 0 Å². The molecule has 88 valence electrons. The molecule has 6 nitrogen and oxygen atoms in total. The molecule has 0 aliphatic rings. The summed E-state index contributed by atoms with van der Waals surface area (Å²) in [6, 6.07) is 0. The fourth-order valence-electron chi connectivity index (χ4n) is 0.819. The van der Waals surface area contributed by atoms with Crippen LogP contribution in [0.2, 0.25) is 0 Å². The van der Waals surface area contributed by atoms with Gasteiger partial charge in [-0.15, -0.1) is 0 Å². The van der Waals surface area contributed by atoms with E-state index in [1.165, 1.54) is 0 Å². The highest BCUT2D eigenvalue weighted by molar-refractivity contribution is 5.96. The number of carbonyl (C=O) groups excluding carboxylic acids is 2. The van der Waals surface area contributed by atoms with Gasteiger partial charge in [0.25, 0.3) is 0 Å². The number of aliphatic carboxylic acids is 1. The molecule has 0 aromatic heterocycles. The monoisotopic (exact) mass is 219 g/mol. The van der Waals surface area contributed by atoms with E-state index in [4.69, 9.17) is 9.47 Å². The molecule has 0 radical (unpaired) electrons. The number of hydrogen-bond acceptors (Lipinski definition) is 6. The van der Waals surface area contributed by atoms with Gasteiger partial charge in [0.2, 0.25) is 0 Å². The predicted octanol–water partition coefficient (Wildman–Crippen LogP) is -1.28. The van der Waals surface area contributed by atoms with Crippen molar-refractivity contribution in [2.75, 3.05) is 26.4 Å². The summed E-state index contributed by atoms with van der Waals surface area (Å²) < 4.78 is 14.2. The normalized spacial score (nSPS) is 12.1. The third-order valence-corrected chi connectivity index (χ3v) is 1.43. The first kappa shape index (κ1) is 13.9. The molecule has 0 bridgehead atoms. The Labute approximate surface area is 88.1 Å². The SMILES string of the molecule is CCOCCOC(C(=O)[O-])C(=O)OCC. The zero-order valence-corrected chi connectivity index (χ0v) is 8.86. The lowest BCUT2D eigenvalue weighted by molar-refractivity contribution is -0.315. The van der Waals surface area contributed by atoms with Crippen molar-refractivity contribution in [2.45, 2.75) is 20.0 Å². The molecule has 0 fully saturated rings. The van der Waals surface area contributed by atoms with E-state index >= 15 is 0 Å². The fraction of sp³-hybridized carbons (Fsp3) is 0.778. The molecular weight excluding hydrogens is 204 g/mol. The lowest BCUT2D eigenvalue weighted by atomic mass is 10.3. The molecule has 1 unspecified atom stereocenters. The van der Waals surface area contributed by atoms with Gasteiger partial charge < -0.3 is 24.1 Å². The Hall–Kier alpha value is -1.14. The van der Waals surface area contributed by atoms with Crippen molar-refractivity contribution in [1.82, 2.24) is 0 Å². The van der Waals surface area contributed by atoms with Crippen molar-refractivity contribution >= 4 is 11.9 Å². The highest BCUT2D eigenvalue weighted by atomic mass is 16.6. The molecule has 0 amide bonds. The molecule has 0 aromatic rings. The Bertz CT molecular complexity index is 203. The summed E-state index contributed by atoms with van der Waals surface area (Å²) in [6.07, 6.45) is -1.68. The van der Waals surface area contributed by atoms with Crippen LogP contribution >= 0.6 is 0 Å². The van der Waals surface area contributed by atoms with Crippen LogP contribution in [0, 0.1) is 0 Å². The van der Waals surface area contributed by atoms with Crippen LogP contribution in [0.4, 0.5) is 0 Å². The van der Waals surface area contributed by atoms with Gasteiger partial charge in [-0.05, 0) is 13.8 Å². The molecule has 1 atom stereocenters. The summed E-state index contributed by atoms with van der Waals surface area (Å²) >= 11 is 0. The first-order valence-electron chi connectivity index (χ1n) is 4.70. The number of ether oxygens (including phenoxy) is 3. The van der Waals surface area contributed by atoms with Crippen molar-refractivity contribution in [1.29, 1.82) is 0 Å². The Balaban J connectivity index is 3.94. The van der Waals surface area contributed by atoms with E-state index in [-0.39, 0.29) is 19.8 Å². The van der Waals surface area contributed by atoms with Gasteiger partial charge in [0.1, 0.15) is 0 Å². The van der Waals surface area contributed by atoms with Crippen LogP contribution in [0.5, 0.6) is 0 Å². The molecule has 0 aliphatic carbocycles. The number of rotatable bonds is 8. The maximum atomic E-state index is 11.0. The number of carbonyl (C=O) groups is 2. The van der Waals surface area contributed by atoms with Crippen LogP contribution in [0.3, 0.4) is 0 Å². The molecule has 6 heteroatoms. The lowest BCUT2D eigenvalue weighted by Gasteiger charge is -2.16. The van der Waals surface area contributed by atoms with Crippen LogP contribution in [0.1, 0.15) is 13.8 Å². The lowest BCUT2D eigenvalue weighted by Crippen LogP contribution is -2.44. The number of carboxylic acid groups (broad SMARTS) is 1. The van der Waals surface area contributed by atoms with E-state index < -0.39 is 18.0 Å². The standard InChI is InChI=1S/C9H16O6/c1-3-13-5-6-15-7(8(10)11)9(12)14-4-2/h7H,3-6H2,1-2H3,(H,10,11)/p-1. The summed E-state index contributed by atoms with van der Waals surface area (Å²) in [4.78, 5) is 21.5. The van der Waals surface area contributed by atoms with Gasteiger partial charge in [-0.2, -0.15) is 0 Å². The Kier molecular flexibility index (Phi) is 7.57. The molecule has 0 saturated carbocycles. The zero-order chi connectivity index (χ0) is 11.7. The Morgan fingerprint density at radius 3 is 2.33 bits per heavy atom. The molecule has 15 heavy (non-hydrogen) atoms. The zero-order valence-electron chi connectivity index (χ0n) is 8.86. The van der Waals surface area contributed by atoms with Crippen molar-refractivity contribution in [2.24, 2.45) is 0 Å². The minimum absolute atomic E-state index is 0.00526. The molecule has 0 spiro atoms. The van der Waals surface area contributed by atoms with Gasteiger partial charge in [-0.1, -0.05) is 0 Å². The van der Waals surface area contributed by atoms with Gasteiger partial charge in [0, 0.05) is 6.61 Å². The highest BCUT2D eigenvalue weighted by Gasteiger charge is 2.21. The average Bonchev–Trinajstić information content (AvgIpc) is 2.17. The van der Waals surface area contributed by atoms with Crippen molar-refractivity contribution < 1.29 is 28.9 Å². The number of esters is 1. The summed E-state index contributed by atoms with van der Waals surface area (Å²) in [6.45, 7) is 4.19. The summed E-state index contributed by atoms with van der Waals surface area (Å²) in [5.41, 5.74) is 0. The second-order valence-corrected chi connectivity index (χ2v) is 2.52. The second kappa shape index (κ2) is 8.19. The first-order valence-corrected chi connectivity index (χ1v) is 4.70. The van der Waals surface area contributed by atoms with Crippen molar-refractivity contribution in [3.05, 3.63) is 0 Å². The van der Waals surface area contributed by atoms with Crippen LogP contribution in [-0.4, -0.2) is 44.5 Å². The first-order chi connectivity index (χ1) is 7.13. The summed E-state index contributed by atoms with van der Waals surface area (Å²) in [5.74, 6) is -2.56. The molecular formula is C9H15O6-. The number of hydrogen-bond donors (Lipinski definition) is 0. The van der Waals surface area contributed by atoms with Crippen molar-refractivity contribution in [3.8, 4) is 0 Å². The molecule has 0 rings (SSSR count). The van der Waals surface area contributed by atoms with Gasteiger partial charge in [-0.25, -0.2) is 4.79 Å².